The zero-order valence-electron chi connectivity index (χ0n) is 8.29. The molecule has 72 valence electrons. The minimum absolute atomic E-state index is 0.631. The monoisotopic (exact) mass is 185 g/mol. The van der Waals surface area contributed by atoms with Crippen molar-refractivity contribution in [3.05, 3.63) is 30.3 Å². The first-order chi connectivity index (χ1) is 6.95. The normalized spacial score (nSPS) is 16.0. The largest absolute Gasteiger partial charge is 0.315 e. The molecule has 0 heterocycles. The van der Waals surface area contributed by atoms with Gasteiger partial charge in [-0.15, -0.1) is 0 Å². The summed E-state index contributed by atoms with van der Waals surface area (Å²) in [7, 11) is 0. The van der Waals surface area contributed by atoms with Crippen LogP contribution in [0.15, 0.2) is 30.3 Å². The van der Waals surface area contributed by atoms with Gasteiger partial charge in [0.1, 0.15) is 0 Å². The summed E-state index contributed by atoms with van der Waals surface area (Å²) < 4.78 is 0. The van der Waals surface area contributed by atoms with Gasteiger partial charge in [0.2, 0.25) is 0 Å². The van der Waals surface area contributed by atoms with Crippen molar-refractivity contribution in [3.8, 4) is 12.0 Å². The highest BCUT2D eigenvalue weighted by Crippen LogP contribution is 2.23. The van der Waals surface area contributed by atoms with Crippen LogP contribution >= 0.6 is 0 Å². The Labute approximate surface area is 85.5 Å². The van der Waals surface area contributed by atoms with Crippen molar-refractivity contribution in [2.45, 2.75) is 25.7 Å². The van der Waals surface area contributed by atoms with E-state index >= 15 is 0 Å². The molecule has 1 N–H and O–H groups in total. The summed E-state index contributed by atoms with van der Waals surface area (Å²) >= 11 is 0. The van der Waals surface area contributed by atoms with Gasteiger partial charge < -0.3 is 5.32 Å². The quantitative estimate of drug-likeness (QED) is 0.523. The van der Waals surface area contributed by atoms with Crippen LogP contribution in [0.4, 0.5) is 5.69 Å². The van der Waals surface area contributed by atoms with Crippen LogP contribution in [0.3, 0.4) is 0 Å². The molecule has 1 aliphatic rings. The Morgan fingerprint density at radius 2 is 1.79 bits per heavy atom. The van der Waals surface area contributed by atoms with Gasteiger partial charge in [0.15, 0.2) is 0 Å². The van der Waals surface area contributed by atoms with E-state index in [1.165, 1.54) is 25.7 Å². The Morgan fingerprint density at radius 1 is 1.07 bits per heavy atom. The fraction of sp³-hybridized carbons (Fsp3) is 0.385. The summed E-state index contributed by atoms with van der Waals surface area (Å²) in [6.07, 6.45) is 5.27. The third-order valence-corrected chi connectivity index (χ3v) is 2.61. The second-order valence-corrected chi connectivity index (χ2v) is 3.74. The first kappa shape index (κ1) is 9.15. The number of benzene rings is 1. The Morgan fingerprint density at radius 3 is 2.50 bits per heavy atom. The van der Waals surface area contributed by atoms with Gasteiger partial charge in [-0.05, 0) is 25.0 Å². The summed E-state index contributed by atoms with van der Waals surface area (Å²) in [5.41, 5.74) is 1.08. The van der Waals surface area contributed by atoms with Gasteiger partial charge in [0.05, 0.1) is 0 Å². The van der Waals surface area contributed by atoms with Crippen molar-refractivity contribution < 1.29 is 0 Å². The molecule has 0 amide bonds. The van der Waals surface area contributed by atoms with E-state index < -0.39 is 0 Å². The van der Waals surface area contributed by atoms with Crippen LogP contribution in [-0.2, 0) is 0 Å². The molecule has 0 aliphatic heterocycles. The van der Waals surface area contributed by atoms with Gasteiger partial charge >= 0.3 is 0 Å². The Balaban J connectivity index is 1.87. The third kappa shape index (κ3) is 2.53. The van der Waals surface area contributed by atoms with Crippen molar-refractivity contribution in [1.29, 1.82) is 0 Å². The molecule has 0 spiro atoms. The number of rotatable bonds is 1. The van der Waals surface area contributed by atoms with Crippen LogP contribution in [-0.4, -0.2) is 0 Å². The molecular weight excluding hydrogens is 170 g/mol. The zero-order chi connectivity index (χ0) is 9.64. The molecule has 14 heavy (non-hydrogen) atoms. The molecule has 2 rings (SSSR count). The van der Waals surface area contributed by atoms with E-state index in [0.29, 0.717) is 5.92 Å². The van der Waals surface area contributed by atoms with E-state index in [9.17, 15) is 0 Å². The lowest BCUT2D eigenvalue weighted by Gasteiger charge is -1.98. The number of nitrogens with one attached hydrogen (secondary N) is 1. The highest BCUT2D eigenvalue weighted by atomic mass is 14.8. The maximum Gasteiger partial charge on any atom is 0.0459 e. The number of hydrogen-bond donors (Lipinski definition) is 1. The van der Waals surface area contributed by atoms with E-state index in [1.807, 2.05) is 30.3 Å². The summed E-state index contributed by atoms with van der Waals surface area (Å²) in [4.78, 5) is 0. The van der Waals surface area contributed by atoms with Crippen molar-refractivity contribution in [2.24, 2.45) is 5.92 Å². The van der Waals surface area contributed by atoms with E-state index in [2.05, 4.69) is 17.3 Å². The molecule has 0 unspecified atom stereocenters. The molecule has 0 radical (unpaired) electrons. The highest BCUT2D eigenvalue weighted by molar-refractivity contribution is 5.47. The number of anilines is 1. The average Bonchev–Trinajstić information content (AvgIpc) is 2.72. The molecular formula is C13H15N. The number of para-hydroxylation sites is 1. The first-order valence-corrected chi connectivity index (χ1v) is 5.27. The van der Waals surface area contributed by atoms with E-state index in [4.69, 9.17) is 0 Å². The van der Waals surface area contributed by atoms with Crippen LogP contribution in [0, 0.1) is 17.9 Å². The van der Waals surface area contributed by atoms with Crippen molar-refractivity contribution in [2.75, 3.05) is 5.32 Å². The molecule has 0 atom stereocenters. The first-order valence-electron chi connectivity index (χ1n) is 5.27. The van der Waals surface area contributed by atoms with Gasteiger partial charge in [0, 0.05) is 17.6 Å². The van der Waals surface area contributed by atoms with Gasteiger partial charge in [-0.2, -0.15) is 0 Å². The van der Waals surface area contributed by atoms with Gasteiger partial charge in [0.25, 0.3) is 0 Å². The molecule has 1 aliphatic carbocycles. The summed E-state index contributed by atoms with van der Waals surface area (Å²) in [6, 6.07) is 13.1. The van der Waals surface area contributed by atoms with Gasteiger partial charge in [-0.3, -0.25) is 0 Å². The van der Waals surface area contributed by atoms with E-state index in [0.717, 1.165) is 5.69 Å². The molecule has 1 heteroatoms. The van der Waals surface area contributed by atoms with Crippen LogP contribution in [0.1, 0.15) is 25.7 Å². The van der Waals surface area contributed by atoms with Gasteiger partial charge in [-0.1, -0.05) is 37.0 Å². The predicted molar refractivity (Wildman–Crippen MR) is 59.8 cm³/mol. The zero-order valence-corrected chi connectivity index (χ0v) is 8.29. The fourth-order valence-electron chi connectivity index (χ4n) is 1.80. The minimum Gasteiger partial charge on any atom is -0.315 e. The maximum absolute atomic E-state index is 3.27. The molecule has 1 aromatic carbocycles. The van der Waals surface area contributed by atoms with Crippen molar-refractivity contribution >= 4 is 5.69 Å². The summed E-state index contributed by atoms with van der Waals surface area (Å²) in [6.45, 7) is 0. The lowest BCUT2D eigenvalue weighted by atomic mass is 10.1. The van der Waals surface area contributed by atoms with Crippen LogP contribution in [0.5, 0.6) is 0 Å². The molecule has 0 bridgehead atoms. The van der Waals surface area contributed by atoms with E-state index in [1.54, 1.807) is 0 Å². The van der Waals surface area contributed by atoms with E-state index in [-0.39, 0.29) is 0 Å². The molecule has 1 aromatic rings. The molecule has 1 saturated carbocycles. The Kier molecular flexibility index (Phi) is 3.08. The third-order valence-electron chi connectivity index (χ3n) is 2.61. The number of hydrogen-bond acceptors (Lipinski definition) is 1. The van der Waals surface area contributed by atoms with Gasteiger partial charge in [-0.25, -0.2) is 0 Å². The molecule has 0 saturated heterocycles. The Hall–Kier alpha value is -1.42. The summed E-state index contributed by atoms with van der Waals surface area (Å²) in [5.74, 6) is 3.90. The average molecular weight is 185 g/mol. The molecule has 0 aromatic heterocycles. The SMILES string of the molecule is C(#CC1CCCC1)Nc1ccccc1. The second-order valence-electron chi connectivity index (χ2n) is 3.74. The Bertz CT molecular complexity index is 325. The second kappa shape index (κ2) is 4.72. The topological polar surface area (TPSA) is 12.0 Å². The predicted octanol–water partition coefficient (Wildman–Crippen LogP) is 3.25. The lowest BCUT2D eigenvalue weighted by Crippen LogP contribution is -1.91. The van der Waals surface area contributed by atoms with Crippen LogP contribution in [0.25, 0.3) is 0 Å². The van der Waals surface area contributed by atoms with Crippen molar-refractivity contribution in [3.63, 3.8) is 0 Å². The van der Waals surface area contributed by atoms with Crippen LogP contribution < -0.4 is 5.32 Å². The lowest BCUT2D eigenvalue weighted by molar-refractivity contribution is 0.712. The maximum atomic E-state index is 3.27. The minimum atomic E-state index is 0.631. The smallest absolute Gasteiger partial charge is 0.0459 e. The summed E-state index contributed by atoms with van der Waals surface area (Å²) in [5, 5.41) is 3.11. The fourth-order valence-corrected chi connectivity index (χ4v) is 1.80. The molecule has 1 fully saturated rings. The van der Waals surface area contributed by atoms with Crippen molar-refractivity contribution in [1.82, 2.24) is 0 Å². The standard InChI is InChI=1S/C13H15N/c1-2-8-13(9-3-1)14-11-10-12-6-4-5-7-12/h1-3,8-9,12,14H,4-7H2. The highest BCUT2D eigenvalue weighted by Gasteiger charge is 2.11. The van der Waals surface area contributed by atoms with Crippen LogP contribution in [0.2, 0.25) is 0 Å². The molecule has 1 nitrogen and oxygen atoms in total.